The van der Waals surface area contributed by atoms with Crippen molar-refractivity contribution in [1.82, 2.24) is 10.6 Å². The summed E-state index contributed by atoms with van der Waals surface area (Å²) in [6.07, 6.45) is 4.73. The highest BCUT2D eigenvalue weighted by atomic mass is 16.5. The van der Waals surface area contributed by atoms with Crippen LogP contribution >= 0.6 is 0 Å². The molecule has 0 radical (unpaired) electrons. The highest BCUT2D eigenvalue weighted by Gasteiger charge is 2.43. The Balaban J connectivity index is 1.49. The highest BCUT2D eigenvalue weighted by molar-refractivity contribution is 6.04. The van der Waals surface area contributed by atoms with E-state index in [1.54, 1.807) is 25.9 Å². The molecule has 10 nitrogen and oxygen atoms in total. The van der Waals surface area contributed by atoms with Crippen molar-refractivity contribution in [3.05, 3.63) is 18.2 Å². The Morgan fingerprint density at radius 1 is 1.19 bits per heavy atom. The van der Waals surface area contributed by atoms with Crippen molar-refractivity contribution < 1.29 is 28.6 Å². The van der Waals surface area contributed by atoms with Crippen molar-refractivity contribution in [1.29, 1.82) is 0 Å². The average molecular weight is 601 g/mol. The molecule has 0 aromatic heterocycles. The van der Waals surface area contributed by atoms with Gasteiger partial charge in [-0.15, -0.1) is 0 Å². The van der Waals surface area contributed by atoms with Crippen molar-refractivity contribution in [2.75, 3.05) is 56.4 Å². The largest absolute Gasteiger partial charge is 0.476 e. The lowest BCUT2D eigenvalue weighted by Crippen LogP contribution is -2.53. The van der Waals surface area contributed by atoms with Gasteiger partial charge >= 0.3 is 0 Å². The van der Waals surface area contributed by atoms with Gasteiger partial charge in [-0.05, 0) is 83.4 Å². The summed E-state index contributed by atoms with van der Waals surface area (Å²) in [4.78, 5) is 44.5. The standard InChI is InChI=1S/C33H52N4O6/c1-7-42-16-13-25(17-22(2)3)35-30(38)23-18-24(21-34-20-23)31(39)37(26-9-10-26)27-11-12-29-28(19-27)36(14-8-15-41-6)32(40)33(4,5)43-29/h11-12,19,22-26,34H,7-10,13-18,20-21H2,1-6H3,(H,35,38)/t23-,24+,25-/m0/s1. The van der Waals surface area contributed by atoms with Crippen LogP contribution in [0.1, 0.15) is 73.1 Å². The molecule has 4 rings (SSSR count). The first-order valence-electron chi connectivity index (χ1n) is 16.1. The molecule has 43 heavy (non-hydrogen) atoms. The molecule has 2 fully saturated rings. The van der Waals surface area contributed by atoms with Gasteiger partial charge in [0.1, 0.15) is 5.75 Å². The molecule has 2 aliphatic heterocycles. The van der Waals surface area contributed by atoms with Gasteiger partial charge < -0.3 is 34.6 Å². The molecule has 2 heterocycles. The summed E-state index contributed by atoms with van der Waals surface area (Å²) in [7, 11) is 1.65. The smallest absolute Gasteiger partial charge is 0.270 e. The van der Waals surface area contributed by atoms with Crippen molar-refractivity contribution in [2.45, 2.75) is 90.8 Å². The minimum Gasteiger partial charge on any atom is -0.476 e. The van der Waals surface area contributed by atoms with Crippen molar-refractivity contribution >= 4 is 29.1 Å². The molecule has 1 aliphatic carbocycles. The summed E-state index contributed by atoms with van der Waals surface area (Å²) in [5.41, 5.74) is 0.464. The molecular formula is C33H52N4O6. The van der Waals surface area contributed by atoms with Gasteiger partial charge in [0, 0.05) is 64.3 Å². The lowest BCUT2D eigenvalue weighted by Gasteiger charge is -2.40. The first-order chi connectivity index (χ1) is 20.6. The predicted octanol–water partition coefficient (Wildman–Crippen LogP) is 3.91. The van der Waals surface area contributed by atoms with Gasteiger partial charge in [-0.3, -0.25) is 14.4 Å². The number of amides is 3. The highest BCUT2D eigenvalue weighted by Crippen LogP contribution is 2.43. The molecule has 240 valence electrons. The third kappa shape index (κ3) is 8.48. The second-order valence-corrected chi connectivity index (χ2v) is 13.1. The van der Waals surface area contributed by atoms with E-state index in [1.807, 2.05) is 30.0 Å². The minimum absolute atomic E-state index is 0.00359. The van der Waals surface area contributed by atoms with Crippen molar-refractivity contribution in [3.63, 3.8) is 0 Å². The number of carbonyl (C=O) groups is 3. The number of anilines is 2. The Labute approximate surface area is 257 Å². The predicted molar refractivity (Wildman–Crippen MR) is 167 cm³/mol. The van der Waals surface area contributed by atoms with Gasteiger partial charge in [0.2, 0.25) is 11.8 Å². The molecule has 10 heteroatoms. The van der Waals surface area contributed by atoms with E-state index in [9.17, 15) is 14.4 Å². The second kappa shape index (κ2) is 14.9. The third-order valence-corrected chi connectivity index (χ3v) is 8.50. The third-order valence-electron chi connectivity index (χ3n) is 8.50. The average Bonchev–Trinajstić information content (AvgIpc) is 3.80. The lowest BCUT2D eigenvalue weighted by molar-refractivity contribution is -0.132. The first kappa shape index (κ1) is 33.2. The summed E-state index contributed by atoms with van der Waals surface area (Å²) in [6, 6.07) is 5.88. The maximum Gasteiger partial charge on any atom is 0.270 e. The van der Waals surface area contributed by atoms with Crippen LogP contribution in [0.3, 0.4) is 0 Å². The number of ether oxygens (including phenoxy) is 3. The summed E-state index contributed by atoms with van der Waals surface area (Å²) in [6.45, 7) is 13.3. The van der Waals surface area contributed by atoms with Crippen LogP contribution in [-0.4, -0.2) is 82.0 Å². The van der Waals surface area contributed by atoms with E-state index in [2.05, 4.69) is 24.5 Å². The van der Waals surface area contributed by atoms with Gasteiger partial charge in [0.25, 0.3) is 5.91 Å². The quantitative estimate of drug-likeness (QED) is 0.294. The Bertz CT molecular complexity index is 1120. The molecule has 1 saturated heterocycles. The number of rotatable bonds is 15. The molecule has 1 aromatic carbocycles. The lowest BCUT2D eigenvalue weighted by atomic mass is 9.88. The molecule has 3 atom stereocenters. The Morgan fingerprint density at radius 3 is 2.60 bits per heavy atom. The Kier molecular flexibility index (Phi) is 11.5. The summed E-state index contributed by atoms with van der Waals surface area (Å²) >= 11 is 0. The number of methoxy groups -OCH3 is 1. The van der Waals surface area contributed by atoms with E-state index in [1.165, 1.54) is 0 Å². The van der Waals surface area contributed by atoms with E-state index >= 15 is 0 Å². The van der Waals surface area contributed by atoms with E-state index in [0.29, 0.717) is 69.7 Å². The van der Waals surface area contributed by atoms with E-state index < -0.39 is 5.60 Å². The molecule has 1 aromatic rings. The van der Waals surface area contributed by atoms with Crippen LogP contribution in [0.15, 0.2) is 18.2 Å². The van der Waals surface area contributed by atoms with Crippen LogP contribution < -0.4 is 25.2 Å². The van der Waals surface area contributed by atoms with E-state index in [0.717, 1.165) is 31.4 Å². The molecule has 3 aliphatic rings. The van der Waals surface area contributed by atoms with Crippen molar-refractivity contribution in [3.8, 4) is 5.75 Å². The summed E-state index contributed by atoms with van der Waals surface area (Å²) in [5, 5.41) is 6.62. The molecule has 3 amide bonds. The van der Waals surface area contributed by atoms with E-state index in [4.69, 9.17) is 14.2 Å². The molecule has 2 N–H and O–H groups in total. The number of benzene rings is 1. The van der Waals surface area contributed by atoms with Gasteiger partial charge in [-0.25, -0.2) is 0 Å². The zero-order valence-electron chi connectivity index (χ0n) is 26.9. The van der Waals surface area contributed by atoms with Crippen LogP contribution in [0.4, 0.5) is 11.4 Å². The van der Waals surface area contributed by atoms with Gasteiger partial charge in [-0.2, -0.15) is 0 Å². The SMILES string of the molecule is CCOCC[C@@H](CC(C)C)NC(=O)[C@@H]1CNC[C@H](C(=O)N(c2ccc3c(c2)N(CCCOC)C(=O)C(C)(C)O3)C2CC2)C1. The van der Waals surface area contributed by atoms with Gasteiger partial charge in [0.15, 0.2) is 5.60 Å². The molecule has 1 saturated carbocycles. The molecular weight excluding hydrogens is 548 g/mol. The van der Waals surface area contributed by atoms with Crippen LogP contribution in [0, 0.1) is 17.8 Å². The summed E-state index contributed by atoms with van der Waals surface area (Å²) in [5.74, 6) is 0.407. The van der Waals surface area contributed by atoms with Gasteiger partial charge in [-0.1, -0.05) is 13.8 Å². The Hall–Kier alpha value is -2.69. The van der Waals surface area contributed by atoms with Crippen molar-refractivity contribution in [2.24, 2.45) is 17.8 Å². The normalized spacial score (nSPS) is 22.1. The fourth-order valence-corrected chi connectivity index (χ4v) is 6.18. The van der Waals surface area contributed by atoms with Crippen LogP contribution in [-0.2, 0) is 23.9 Å². The molecule has 0 bridgehead atoms. The number of nitrogens with one attached hydrogen (secondary N) is 2. The van der Waals surface area contributed by atoms with Crippen LogP contribution in [0.2, 0.25) is 0 Å². The number of fused-ring (bicyclic) bond motifs is 1. The fourth-order valence-electron chi connectivity index (χ4n) is 6.18. The van der Waals surface area contributed by atoms with E-state index in [-0.39, 0.29) is 41.6 Å². The first-order valence-corrected chi connectivity index (χ1v) is 16.1. The Morgan fingerprint density at radius 2 is 1.93 bits per heavy atom. The summed E-state index contributed by atoms with van der Waals surface area (Å²) < 4.78 is 16.9. The maximum absolute atomic E-state index is 14.1. The number of hydrogen-bond donors (Lipinski definition) is 2. The fraction of sp³-hybridized carbons (Fsp3) is 0.727. The monoisotopic (exact) mass is 600 g/mol. The number of hydrogen-bond acceptors (Lipinski definition) is 7. The number of nitrogens with zero attached hydrogens (tertiary/aromatic N) is 2. The zero-order chi connectivity index (χ0) is 31.1. The number of carbonyl (C=O) groups excluding carboxylic acids is 3. The molecule has 0 unspecified atom stereocenters. The zero-order valence-corrected chi connectivity index (χ0v) is 26.9. The topological polar surface area (TPSA) is 109 Å². The minimum atomic E-state index is -0.978. The maximum atomic E-state index is 14.1. The second-order valence-electron chi connectivity index (χ2n) is 13.1. The van der Waals surface area contributed by atoms with Gasteiger partial charge in [0.05, 0.1) is 17.5 Å². The van der Waals surface area contributed by atoms with Crippen LogP contribution in [0.25, 0.3) is 0 Å². The molecule has 0 spiro atoms. The number of piperidine rings is 1. The van der Waals surface area contributed by atoms with Crippen LogP contribution in [0.5, 0.6) is 5.75 Å².